The van der Waals surface area contributed by atoms with Crippen molar-refractivity contribution in [2.24, 2.45) is 23.7 Å². The predicted octanol–water partition coefficient (Wildman–Crippen LogP) is 4.51. The maximum atomic E-state index is 14.0. The van der Waals surface area contributed by atoms with E-state index in [9.17, 15) is 8.78 Å². The smallest absolute Gasteiger partial charge is 0.146 e. The summed E-state index contributed by atoms with van der Waals surface area (Å²) in [5, 5.41) is 3.31. The molecule has 3 heteroatoms. The van der Waals surface area contributed by atoms with E-state index >= 15 is 0 Å². The van der Waals surface area contributed by atoms with Crippen molar-refractivity contribution in [2.75, 3.05) is 5.32 Å². The second kappa shape index (κ2) is 4.44. The lowest BCUT2D eigenvalue weighted by Crippen LogP contribution is -2.34. The molecule has 3 aliphatic carbocycles. The van der Waals surface area contributed by atoms with Crippen molar-refractivity contribution in [3.63, 3.8) is 0 Å². The van der Waals surface area contributed by atoms with Gasteiger partial charge in [0.25, 0.3) is 0 Å². The lowest BCUT2D eigenvalue weighted by Gasteiger charge is -2.32. The van der Waals surface area contributed by atoms with Gasteiger partial charge in [-0.3, -0.25) is 0 Å². The highest BCUT2D eigenvalue weighted by Crippen LogP contribution is 2.59. The predicted molar refractivity (Wildman–Crippen MR) is 75.6 cm³/mol. The van der Waals surface area contributed by atoms with Crippen LogP contribution in [0.25, 0.3) is 0 Å². The van der Waals surface area contributed by atoms with Gasteiger partial charge in [0.1, 0.15) is 11.6 Å². The third-order valence-electron chi connectivity index (χ3n) is 6.02. The highest BCUT2D eigenvalue weighted by atomic mass is 19.1. The van der Waals surface area contributed by atoms with Crippen LogP contribution in [0.5, 0.6) is 0 Å². The van der Waals surface area contributed by atoms with Gasteiger partial charge in [0.2, 0.25) is 0 Å². The van der Waals surface area contributed by atoms with Crippen molar-refractivity contribution in [1.82, 2.24) is 0 Å². The molecule has 1 aromatic rings. The molecule has 108 valence electrons. The second-order valence-corrected chi connectivity index (χ2v) is 6.99. The summed E-state index contributed by atoms with van der Waals surface area (Å²) in [4.78, 5) is 0. The maximum absolute atomic E-state index is 14.0. The molecule has 3 saturated carbocycles. The maximum Gasteiger partial charge on any atom is 0.146 e. The van der Waals surface area contributed by atoms with Crippen LogP contribution in [0.1, 0.15) is 37.7 Å². The van der Waals surface area contributed by atoms with Gasteiger partial charge >= 0.3 is 0 Å². The van der Waals surface area contributed by atoms with E-state index in [1.807, 2.05) is 0 Å². The molecule has 0 aliphatic heterocycles. The van der Waals surface area contributed by atoms with E-state index in [2.05, 4.69) is 5.32 Å². The second-order valence-electron chi connectivity index (χ2n) is 6.99. The fourth-order valence-electron chi connectivity index (χ4n) is 5.19. The van der Waals surface area contributed by atoms with E-state index in [4.69, 9.17) is 0 Å². The first kappa shape index (κ1) is 12.6. The Bertz CT molecular complexity index is 542. The van der Waals surface area contributed by atoms with Crippen LogP contribution >= 0.6 is 0 Å². The van der Waals surface area contributed by atoms with Crippen LogP contribution in [0.2, 0.25) is 0 Å². The van der Waals surface area contributed by atoms with E-state index in [1.54, 1.807) is 6.92 Å². The lowest BCUT2D eigenvalue weighted by atomic mass is 9.79. The zero-order valence-corrected chi connectivity index (χ0v) is 11.8. The van der Waals surface area contributed by atoms with E-state index in [1.165, 1.54) is 37.8 Å². The van der Waals surface area contributed by atoms with Crippen molar-refractivity contribution in [1.29, 1.82) is 0 Å². The standard InChI is InChI=1S/C17H21F2N/c1-9-5-15(19)17(8-14(9)18)20-16-7-10-6-13(16)12-4-2-3-11(10)12/h5,8,10-13,16,20H,2-4,6-7H2,1H3. The van der Waals surface area contributed by atoms with E-state index in [0.717, 1.165) is 24.2 Å². The number of nitrogens with one attached hydrogen (secondary N) is 1. The number of benzene rings is 1. The number of hydrogen-bond acceptors (Lipinski definition) is 1. The first-order valence-electron chi connectivity index (χ1n) is 7.85. The Morgan fingerprint density at radius 2 is 1.80 bits per heavy atom. The highest BCUT2D eigenvalue weighted by molar-refractivity contribution is 5.48. The summed E-state index contributed by atoms with van der Waals surface area (Å²) >= 11 is 0. The van der Waals surface area contributed by atoms with Crippen molar-refractivity contribution in [3.8, 4) is 0 Å². The Hall–Kier alpha value is -1.12. The number of aryl methyl sites for hydroxylation is 1. The SMILES string of the molecule is Cc1cc(F)c(NC2CC3CC2C2CCCC32)cc1F. The van der Waals surface area contributed by atoms with Crippen LogP contribution in [0, 0.1) is 42.2 Å². The molecule has 5 atom stereocenters. The molecule has 0 amide bonds. The Morgan fingerprint density at radius 1 is 1.00 bits per heavy atom. The van der Waals surface area contributed by atoms with Gasteiger partial charge in [-0.15, -0.1) is 0 Å². The summed E-state index contributed by atoms with van der Waals surface area (Å²) in [6.07, 6.45) is 6.53. The minimum atomic E-state index is -0.324. The molecule has 0 radical (unpaired) electrons. The molecule has 4 rings (SSSR count). The number of hydrogen-bond donors (Lipinski definition) is 1. The van der Waals surface area contributed by atoms with Crippen LogP contribution in [0.4, 0.5) is 14.5 Å². The lowest BCUT2D eigenvalue weighted by molar-refractivity contribution is 0.243. The third kappa shape index (κ3) is 1.78. The molecular formula is C17H21F2N. The summed E-state index contributed by atoms with van der Waals surface area (Å²) in [6.45, 7) is 1.60. The number of halogens is 2. The summed E-state index contributed by atoms with van der Waals surface area (Å²) in [5.74, 6) is 2.62. The van der Waals surface area contributed by atoms with Gasteiger partial charge < -0.3 is 5.32 Å². The van der Waals surface area contributed by atoms with Crippen LogP contribution in [0.15, 0.2) is 12.1 Å². The van der Waals surface area contributed by atoms with Gasteiger partial charge in [-0.05, 0) is 67.9 Å². The first-order valence-corrected chi connectivity index (χ1v) is 7.85. The molecule has 0 heterocycles. The summed E-state index contributed by atoms with van der Waals surface area (Å²) in [5.41, 5.74) is 0.719. The molecule has 2 bridgehead atoms. The topological polar surface area (TPSA) is 12.0 Å². The number of anilines is 1. The molecular weight excluding hydrogens is 256 g/mol. The Labute approximate surface area is 118 Å². The molecule has 3 fully saturated rings. The van der Waals surface area contributed by atoms with E-state index < -0.39 is 0 Å². The number of rotatable bonds is 2. The van der Waals surface area contributed by atoms with Crippen LogP contribution in [-0.2, 0) is 0 Å². The summed E-state index contributed by atoms with van der Waals surface area (Å²) in [6, 6.07) is 2.96. The van der Waals surface area contributed by atoms with Gasteiger partial charge in [0.05, 0.1) is 5.69 Å². The zero-order chi connectivity index (χ0) is 13.9. The Kier molecular flexibility index (Phi) is 2.80. The average Bonchev–Trinajstić information content (AvgIpc) is 3.07. The zero-order valence-electron chi connectivity index (χ0n) is 11.8. The van der Waals surface area contributed by atoms with Gasteiger partial charge in [-0.25, -0.2) is 8.78 Å². The van der Waals surface area contributed by atoms with E-state index in [-0.39, 0.29) is 11.6 Å². The molecule has 20 heavy (non-hydrogen) atoms. The fourth-order valence-corrected chi connectivity index (χ4v) is 5.19. The first-order chi connectivity index (χ1) is 9.63. The molecule has 5 unspecified atom stereocenters. The minimum absolute atomic E-state index is 0.323. The molecule has 0 saturated heterocycles. The normalized spacial score (nSPS) is 38.2. The molecule has 3 aliphatic rings. The molecule has 1 nitrogen and oxygen atoms in total. The number of fused-ring (bicyclic) bond motifs is 5. The Morgan fingerprint density at radius 3 is 2.65 bits per heavy atom. The van der Waals surface area contributed by atoms with Crippen LogP contribution in [-0.4, -0.2) is 6.04 Å². The van der Waals surface area contributed by atoms with Crippen molar-refractivity contribution in [3.05, 3.63) is 29.3 Å². The van der Waals surface area contributed by atoms with Gasteiger partial charge in [0, 0.05) is 12.1 Å². The molecule has 0 aromatic heterocycles. The highest BCUT2D eigenvalue weighted by Gasteiger charge is 2.53. The van der Waals surface area contributed by atoms with Crippen molar-refractivity contribution in [2.45, 2.75) is 45.1 Å². The quantitative estimate of drug-likeness (QED) is 0.838. The van der Waals surface area contributed by atoms with Crippen molar-refractivity contribution >= 4 is 5.69 Å². The summed E-state index contributed by atoms with van der Waals surface area (Å²) < 4.78 is 27.6. The fraction of sp³-hybridized carbons (Fsp3) is 0.647. The van der Waals surface area contributed by atoms with Gasteiger partial charge in [-0.2, -0.15) is 0 Å². The van der Waals surface area contributed by atoms with Crippen molar-refractivity contribution < 1.29 is 8.78 Å². The third-order valence-corrected chi connectivity index (χ3v) is 6.02. The molecule has 1 N–H and O–H groups in total. The largest absolute Gasteiger partial charge is 0.380 e. The minimum Gasteiger partial charge on any atom is -0.380 e. The Balaban J connectivity index is 1.55. The van der Waals surface area contributed by atoms with Gasteiger partial charge in [0.15, 0.2) is 0 Å². The van der Waals surface area contributed by atoms with Crippen LogP contribution in [0.3, 0.4) is 0 Å². The van der Waals surface area contributed by atoms with E-state index in [0.29, 0.717) is 23.2 Å². The molecule has 1 aromatic carbocycles. The van der Waals surface area contributed by atoms with Crippen LogP contribution < -0.4 is 5.32 Å². The average molecular weight is 277 g/mol. The summed E-state index contributed by atoms with van der Waals surface area (Å²) in [7, 11) is 0. The monoisotopic (exact) mass is 277 g/mol. The molecule has 0 spiro atoms. The van der Waals surface area contributed by atoms with Gasteiger partial charge in [-0.1, -0.05) is 6.42 Å².